The smallest absolute Gasteiger partial charge is 0.306 e. The van der Waals surface area contributed by atoms with Crippen LogP contribution < -0.4 is 5.32 Å². The lowest BCUT2D eigenvalue weighted by atomic mass is 9.99. The standard InChI is InChI=1S/C71H133NO10/c1-4-7-10-13-16-19-22-25-26-27-28-29-30-31-32-33-34-35-36-37-38-41-44-47-50-53-56-59-66(76)82-69-68(78)67(77)65(60-73)81-71(69)80-61-62(63(74)57-54-51-48-45-42-39-23-20-17-14-11-8-5-2)72-70(79)64(75)58-55-52-49-46-43-40-24-21-18-15-12-9-6-3/h25-26,43,46,54,57,62-65,67-69,71,73-75,77-78H,4-24,27-42,44-45,47-53,55-56,58-61H2,1-3H3,(H,72,79)/b26-25+,46-43-,57-54+. The zero-order valence-corrected chi connectivity index (χ0v) is 53.6. The largest absolute Gasteiger partial charge is 0.454 e. The van der Waals surface area contributed by atoms with E-state index in [2.05, 4.69) is 50.4 Å². The molecule has 1 aliphatic rings. The molecule has 0 aromatic rings. The summed E-state index contributed by atoms with van der Waals surface area (Å²) in [7, 11) is 0. The van der Waals surface area contributed by atoms with E-state index < -0.39 is 67.4 Å². The quantitative estimate of drug-likeness (QED) is 0.0195. The summed E-state index contributed by atoms with van der Waals surface area (Å²) < 4.78 is 17.7. The first-order chi connectivity index (χ1) is 40.2. The van der Waals surface area contributed by atoms with Gasteiger partial charge in [0.15, 0.2) is 12.4 Å². The van der Waals surface area contributed by atoms with Gasteiger partial charge in [0.25, 0.3) is 0 Å². The van der Waals surface area contributed by atoms with Gasteiger partial charge in [-0.2, -0.15) is 0 Å². The summed E-state index contributed by atoms with van der Waals surface area (Å²) in [4.78, 5) is 26.6. The second-order valence-electron chi connectivity index (χ2n) is 24.6. The van der Waals surface area contributed by atoms with Gasteiger partial charge in [-0.25, -0.2) is 0 Å². The second-order valence-corrected chi connectivity index (χ2v) is 24.6. The Morgan fingerprint density at radius 2 is 0.805 bits per heavy atom. The van der Waals surface area contributed by atoms with Crippen LogP contribution in [0, 0.1) is 0 Å². The molecule has 1 rings (SSSR count). The molecule has 8 unspecified atom stereocenters. The Labute approximate surface area is 504 Å². The molecule has 0 aromatic carbocycles. The van der Waals surface area contributed by atoms with Crippen molar-refractivity contribution >= 4 is 11.9 Å². The van der Waals surface area contributed by atoms with Crippen molar-refractivity contribution in [3.05, 3.63) is 36.5 Å². The summed E-state index contributed by atoms with van der Waals surface area (Å²) in [5.41, 5.74) is 0. The third-order valence-corrected chi connectivity index (χ3v) is 16.8. The Bertz CT molecular complexity index is 1470. The van der Waals surface area contributed by atoms with Gasteiger partial charge in [0.05, 0.1) is 25.4 Å². The van der Waals surface area contributed by atoms with Crippen LogP contribution >= 0.6 is 0 Å². The Morgan fingerprint density at radius 3 is 1.18 bits per heavy atom. The van der Waals surface area contributed by atoms with Gasteiger partial charge in [-0.05, 0) is 77.0 Å². The van der Waals surface area contributed by atoms with Crippen LogP contribution in [0.2, 0.25) is 0 Å². The maximum Gasteiger partial charge on any atom is 0.306 e. The molecule has 0 saturated carbocycles. The summed E-state index contributed by atoms with van der Waals surface area (Å²) in [6.07, 6.45) is 62.0. The number of nitrogens with one attached hydrogen (secondary N) is 1. The normalized spacial score (nSPS) is 18.8. The van der Waals surface area contributed by atoms with E-state index >= 15 is 0 Å². The molecule has 0 radical (unpaired) electrons. The number of aliphatic hydroxyl groups is 5. The summed E-state index contributed by atoms with van der Waals surface area (Å²) in [5, 5.41) is 57.1. The van der Waals surface area contributed by atoms with Crippen LogP contribution in [0.25, 0.3) is 0 Å². The van der Waals surface area contributed by atoms with Gasteiger partial charge >= 0.3 is 5.97 Å². The number of esters is 1. The van der Waals surface area contributed by atoms with E-state index in [1.165, 1.54) is 238 Å². The average Bonchev–Trinajstić information content (AvgIpc) is 3.57. The summed E-state index contributed by atoms with van der Waals surface area (Å²) >= 11 is 0. The molecule has 1 amide bonds. The Morgan fingerprint density at radius 1 is 0.463 bits per heavy atom. The first-order valence-electron chi connectivity index (χ1n) is 35.3. The molecule has 11 nitrogen and oxygen atoms in total. The topological polar surface area (TPSA) is 175 Å². The van der Waals surface area contributed by atoms with E-state index in [4.69, 9.17) is 14.2 Å². The van der Waals surface area contributed by atoms with E-state index in [0.29, 0.717) is 12.8 Å². The van der Waals surface area contributed by atoms with E-state index in [-0.39, 0.29) is 19.4 Å². The van der Waals surface area contributed by atoms with Crippen molar-refractivity contribution in [2.45, 2.75) is 391 Å². The van der Waals surface area contributed by atoms with Crippen molar-refractivity contribution in [1.82, 2.24) is 5.32 Å². The van der Waals surface area contributed by atoms with Gasteiger partial charge in [-0.1, -0.05) is 295 Å². The first-order valence-corrected chi connectivity index (χ1v) is 35.3. The Kier molecular flexibility index (Phi) is 56.3. The number of unbranched alkanes of at least 4 members (excludes halogenated alkanes) is 43. The molecule has 11 heteroatoms. The number of carbonyl (C=O) groups is 2. The molecule has 0 spiro atoms. The lowest BCUT2D eigenvalue weighted by molar-refractivity contribution is -0.305. The molecule has 1 aliphatic heterocycles. The average molecular weight is 1160 g/mol. The summed E-state index contributed by atoms with van der Waals surface area (Å²) in [6.45, 7) is 5.81. The monoisotopic (exact) mass is 1160 g/mol. The van der Waals surface area contributed by atoms with Gasteiger partial charge < -0.3 is 45.1 Å². The fourth-order valence-corrected chi connectivity index (χ4v) is 11.2. The van der Waals surface area contributed by atoms with Crippen molar-refractivity contribution in [3.63, 3.8) is 0 Å². The van der Waals surface area contributed by atoms with Crippen LogP contribution in [0.15, 0.2) is 36.5 Å². The highest BCUT2D eigenvalue weighted by atomic mass is 16.7. The molecule has 1 fully saturated rings. The second kappa shape index (κ2) is 59.2. The molecule has 8 atom stereocenters. The number of ether oxygens (including phenoxy) is 3. The van der Waals surface area contributed by atoms with Crippen LogP contribution in [-0.2, 0) is 23.8 Å². The van der Waals surface area contributed by atoms with Crippen LogP contribution in [0.3, 0.4) is 0 Å². The number of rotatable bonds is 61. The van der Waals surface area contributed by atoms with Crippen molar-refractivity contribution in [3.8, 4) is 0 Å². The van der Waals surface area contributed by atoms with Gasteiger partial charge in [0.1, 0.15) is 24.4 Å². The maximum absolute atomic E-state index is 13.4. The number of amides is 1. The van der Waals surface area contributed by atoms with Gasteiger partial charge in [0.2, 0.25) is 5.91 Å². The minimum atomic E-state index is -1.61. The number of aliphatic hydroxyl groups excluding tert-OH is 5. The Hall–Kier alpha value is -2.12. The van der Waals surface area contributed by atoms with Crippen molar-refractivity contribution in [1.29, 1.82) is 0 Å². The van der Waals surface area contributed by atoms with Crippen LogP contribution in [0.5, 0.6) is 0 Å². The molecule has 0 aromatic heterocycles. The number of carbonyl (C=O) groups excluding carboxylic acids is 2. The molecule has 1 heterocycles. The van der Waals surface area contributed by atoms with Gasteiger partial charge in [-0.15, -0.1) is 0 Å². The van der Waals surface area contributed by atoms with Crippen molar-refractivity contribution in [2.75, 3.05) is 13.2 Å². The minimum Gasteiger partial charge on any atom is -0.454 e. The summed E-state index contributed by atoms with van der Waals surface area (Å²) in [5.74, 6) is -1.20. The molecular weight excluding hydrogens is 1030 g/mol. The van der Waals surface area contributed by atoms with E-state index in [0.717, 1.165) is 57.8 Å². The highest BCUT2D eigenvalue weighted by molar-refractivity contribution is 5.80. The lowest BCUT2D eigenvalue weighted by Gasteiger charge is -2.41. The van der Waals surface area contributed by atoms with Gasteiger partial charge in [-0.3, -0.25) is 9.59 Å². The predicted octanol–water partition coefficient (Wildman–Crippen LogP) is 17.8. The predicted molar refractivity (Wildman–Crippen MR) is 343 cm³/mol. The number of hydrogen-bond acceptors (Lipinski definition) is 10. The third kappa shape index (κ3) is 46.1. The zero-order valence-electron chi connectivity index (χ0n) is 53.6. The van der Waals surface area contributed by atoms with Crippen LogP contribution in [0.1, 0.15) is 342 Å². The summed E-state index contributed by atoms with van der Waals surface area (Å²) in [6, 6.07) is -1.03. The molecule has 0 aliphatic carbocycles. The van der Waals surface area contributed by atoms with E-state index in [1.807, 2.05) is 6.08 Å². The lowest BCUT2D eigenvalue weighted by Crippen LogP contribution is -2.61. The molecule has 0 bridgehead atoms. The molecule has 82 heavy (non-hydrogen) atoms. The Balaban J connectivity index is 2.53. The third-order valence-electron chi connectivity index (χ3n) is 16.8. The highest BCUT2D eigenvalue weighted by Gasteiger charge is 2.47. The zero-order chi connectivity index (χ0) is 59.6. The molecule has 1 saturated heterocycles. The molecule has 6 N–H and O–H groups in total. The molecule has 482 valence electrons. The number of allylic oxidation sites excluding steroid dienone is 5. The minimum absolute atomic E-state index is 0.126. The van der Waals surface area contributed by atoms with Crippen molar-refractivity contribution < 1.29 is 49.3 Å². The van der Waals surface area contributed by atoms with Crippen molar-refractivity contribution in [2.24, 2.45) is 0 Å². The fourth-order valence-electron chi connectivity index (χ4n) is 11.2. The maximum atomic E-state index is 13.4. The number of hydrogen-bond donors (Lipinski definition) is 6. The van der Waals surface area contributed by atoms with E-state index in [9.17, 15) is 35.1 Å². The first kappa shape index (κ1) is 77.9. The highest BCUT2D eigenvalue weighted by Crippen LogP contribution is 2.26. The van der Waals surface area contributed by atoms with Crippen LogP contribution in [0.4, 0.5) is 0 Å². The fraction of sp³-hybridized carbons (Fsp3) is 0.887. The van der Waals surface area contributed by atoms with E-state index in [1.54, 1.807) is 6.08 Å². The van der Waals surface area contributed by atoms with Gasteiger partial charge in [0, 0.05) is 6.42 Å². The SMILES string of the molecule is CCCCCCCC/C=C/CCCCCCCCCCCCCCCCCCCC(=O)OC1C(OCC(NC(=O)C(O)CCCC/C=C\CCCCCCCCC)C(O)/C=C/CCCCCCCCCCCCC)OC(CO)C(O)C1O. The molecular formula is C71H133NO10. The van der Waals surface area contributed by atoms with Crippen LogP contribution in [-0.4, -0.2) is 99.6 Å².